The molecule has 2 fully saturated rings. The smallest absolute Gasteiger partial charge is 0.354 e. The molecule has 0 spiro atoms. The van der Waals surface area contributed by atoms with E-state index in [1.807, 2.05) is 0 Å². The summed E-state index contributed by atoms with van der Waals surface area (Å²) < 4.78 is 38.6. The third-order valence-electron chi connectivity index (χ3n) is 4.00. The largest absolute Gasteiger partial charge is 0.416 e. The Bertz CT molecular complexity index is 578. The summed E-state index contributed by atoms with van der Waals surface area (Å²) in [7, 11) is 0. The van der Waals surface area contributed by atoms with E-state index in [4.69, 9.17) is 11.6 Å². The van der Waals surface area contributed by atoms with Gasteiger partial charge in [-0.1, -0.05) is 11.6 Å². The fourth-order valence-corrected chi connectivity index (χ4v) is 3.23. The van der Waals surface area contributed by atoms with Crippen molar-refractivity contribution in [2.45, 2.75) is 25.1 Å². The molecule has 1 aromatic heterocycles. The quantitative estimate of drug-likeness (QED) is 0.809. The van der Waals surface area contributed by atoms with Crippen LogP contribution < -0.4 is 10.2 Å². The fraction of sp³-hybridized carbons (Fsp3) is 0.538. The Morgan fingerprint density at radius 1 is 1.38 bits per heavy atom. The summed E-state index contributed by atoms with van der Waals surface area (Å²) in [5, 5.41) is 2.56. The molecule has 2 aliphatic rings. The maximum absolute atomic E-state index is 12.9. The van der Waals surface area contributed by atoms with E-state index >= 15 is 0 Å². The predicted octanol–water partition coefficient (Wildman–Crippen LogP) is 2.47. The molecular formula is C13H13ClF3N3O. The van der Waals surface area contributed by atoms with E-state index in [0.717, 1.165) is 25.0 Å². The Labute approximate surface area is 124 Å². The number of nitrogens with one attached hydrogen (secondary N) is 1. The third kappa shape index (κ3) is 2.66. The number of halogens is 4. The van der Waals surface area contributed by atoms with Crippen molar-refractivity contribution in [3.05, 3.63) is 22.8 Å². The molecule has 4 nitrogen and oxygen atoms in total. The lowest BCUT2D eigenvalue weighted by Gasteiger charge is -2.37. The van der Waals surface area contributed by atoms with Gasteiger partial charge < -0.3 is 10.2 Å². The summed E-state index contributed by atoms with van der Waals surface area (Å²) in [6.45, 7) is 1.000. The van der Waals surface area contributed by atoms with Gasteiger partial charge in [-0.3, -0.25) is 4.79 Å². The molecule has 114 valence electrons. The van der Waals surface area contributed by atoms with Crippen LogP contribution in [0.1, 0.15) is 18.4 Å². The second-order valence-electron chi connectivity index (χ2n) is 5.29. The minimum absolute atomic E-state index is 0.0391. The van der Waals surface area contributed by atoms with Crippen LogP contribution in [0.25, 0.3) is 0 Å². The van der Waals surface area contributed by atoms with E-state index in [1.54, 1.807) is 4.90 Å². The molecular weight excluding hydrogens is 307 g/mol. The summed E-state index contributed by atoms with van der Waals surface area (Å²) >= 11 is 5.73. The van der Waals surface area contributed by atoms with E-state index in [0.29, 0.717) is 13.1 Å². The molecule has 1 N–H and O–H groups in total. The van der Waals surface area contributed by atoms with Crippen molar-refractivity contribution in [2.75, 3.05) is 18.0 Å². The number of piperidine rings is 1. The number of anilines is 1. The number of hydrogen-bond acceptors (Lipinski definition) is 3. The van der Waals surface area contributed by atoms with Crippen LogP contribution in [0.5, 0.6) is 0 Å². The van der Waals surface area contributed by atoms with Crippen molar-refractivity contribution < 1.29 is 18.0 Å². The molecule has 2 aliphatic heterocycles. The highest BCUT2D eigenvalue weighted by molar-refractivity contribution is 6.29. The van der Waals surface area contributed by atoms with Crippen LogP contribution in [0.2, 0.25) is 5.15 Å². The second kappa shape index (κ2) is 5.05. The molecule has 0 saturated carbocycles. The lowest BCUT2D eigenvalue weighted by Crippen LogP contribution is -2.46. The SMILES string of the molecule is O=C1NCC2C1CCCN2c1cc(C(F)(F)F)cc(Cl)n1. The Morgan fingerprint density at radius 2 is 2.14 bits per heavy atom. The Morgan fingerprint density at radius 3 is 2.86 bits per heavy atom. The van der Waals surface area contributed by atoms with Gasteiger partial charge >= 0.3 is 6.18 Å². The van der Waals surface area contributed by atoms with Gasteiger partial charge in [0.2, 0.25) is 5.91 Å². The van der Waals surface area contributed by atoms with Crippen molar-refractivity contribution in [3.63, 3.8) is 0 Å². The molecule has 0 aromatic carbocycles. The zero-order chi connectivity index (χ0) is 15.2. The van der Waals surface area contributed by atoms with Gasteiger partial charge in [0.15, 0.2) is 0 Å². The Balaban J connectivity index is 1.96. The van der Waals surface area contributed by atoms with Crippen molar-refractivity contribution in [2.24, 2.45) is 5.92 Å². The number of pyridine rings is 1. The molecule has 0 bridgehead atoms. The summed E-state index contributed by atoms with van der Waals surface area (Å²) in [4.78, 5) is 17.5. The summed E-state index contributed by atoms with van der Waals surface area (Å²) in [6, 6.07) is 1.65. The molecule has 2 atom stereocenters. The van der Waals surface area contributed by atoms with Crippen molar-refractivity contribution in [3.8, 4) is 0 Å². The lowest BCUT2D eigenvalue weighted by molar-refractivity contribution is -0.137. The Kier molecular flexibility index (Phi) is 3.47. The van der Waals surface area contributed by atoms with Gasteiger partial charge in [-0.15, -0.1) is 0 Å². The van der Waals surface area contributed by atoms with Crippen LogP contribution in [-0.2, 0) is 11.0 Å². The molecule has 2 unspecified atom stereocenters. The zero-order valence-corrected chi connectivity index (χ0v) is 11.7. The number of rotatable bonds is 1. The summed E-state index contributed by atoms with van der Waals surface area (Å²) in [5.74, 6) is -0.0438. The molecule has 0 aliphatic carbocycles. The number of carbonyl (C=O) groups excluding carboxylic acids is 1. The molecule has 3 heterocycles. The van der Waals surface area contributed by atoms with Crippen LogP contribution in [0, 0.1) is 5.92 Å². The maximum atomic E-state index is 12.9. The molecule has 1 amide bonds. The van der Waals surface area contributed by atoms with Crippen molar-refractivity contribution >= 4 is 23.3 Å². The van der Waals surface area contributed by atoms with Crippen LogP contribution in [-0.4, -0.2) is 30.0 Å². The van der Waals surface area contributed by atoms with E-state index in [9.17, 15) is 18.0 Å². The average Bonchev–Trinajstić information content (AvgIpc) is 2.79. The topological polar surface area (TPSA) is 45.2 Å². The van der Waals surface area contributed by atoms with E-state index in [2.05, 4.69) is 10.3 Å². The Hall–Kier alpha value is -1.50. The van der Waals surface area contributed by atoms with Crippen molar-refractivity contribution in [1.82, 2.24) is 10.3 Å². The minimum atomic E-state index is -4.47. The van der Waals surface area contributed by atoms with Gasteiger partial charge in [-0.25, -0.2) is 4.98 Å². The first-order valence-corrected chi connectivity index (χ1v) is 7.03. The number of carbonyl (C=O) groups is 1. The first-order valence-electron chi connectivity index (χ1n) is 6.65. The molecule has 3 rings (SSSR count). The maximum Gasteiger partial charge on any atom is 0.416 e. The van der Waals surface area contributed by atoms with Gasteiger partial charge in [-0.05, 0) is 25.0 Å². The van der Waals surface area contributed by atoms with Gasteiger partial charge in [0, 0.05) is 13.1 Å². The van der Waals surface area contributed by atoms with Gasteiger partial charge in [0.05, 0.1) is 17.5 Å². The average molecular weight is 320 g/mol. The number of alkyl halides is 3. The van der Waals surface area contributed by atoms with Crippen LogP contribution in [0.15, 0.2) is 12.1 Å². The van der Waals surface area contributed by atoms with E-state index in [1.165, 1.54) is 0 Å². The third-order valence-corrected chi connectivity index (χ3v) is 4.20. The number of amides is 1. The highest BCUT2D eigenvalue weighted by Gasteiger charge is 2.42. The minimum Gasteiger partial charge on any atom is -0.354 e. The standard InChI is InChI=1S/C13H13ClF3N3O/c14-10-4-7(13(15,16)17)5-11(19-10)20-3-1-2-8-9(20)6-18-12(8)21/h4-5,8-9H,1-3,6H2,(H,18,21). The fourth-order valence-electron chi connectivity index (χ4n) is 3.03. The van der Waals surface area contributed by atoms with Gasteiger partial charge in [-0.2, -0.15) is 13.2 Å². The monoisotopic (exact) mass is 319 g/mol. The number of fused-ring (bicyclic) bond motifs is 1. The zero-order valence-electron chi connectivity index (χ0n) is 11.0. The summed E-state index contributed by atoms with van der Waals surface area (Å²) in [6.07, 6.45) is -2.98. The molecule has 1 aromatic rings. The van der Waals surface area contributed by atoms with E-state index in [-0.39, 0.29) is 28.8 Å². The normalized spacial score (nSPS) is 25.7. The van der Waals surface area contributed by atoms with Crippen LogP contribution in [0.3, 0.4) is 0 Å². The van der Waals surface area contributed by atoms with Crippen LogP contribution in [0.4, 0.5) is 19.0 Å². The summed E-state index contributed by atoms with van der Waals surface area (Å²) in [5.41, 5.74) is -0.822. The molecule has 8 heteroatoms. The lowest BCUT2D eigenvalue weighted by atomic mass is 9.91. The van der Waals surface area contributed by atoms with Gasteiger partial charge in [0.1, 0.15) is 11.0 Å². The van der Waals surface area contributed by atoms with Gasteiger partial charge in [0.25, 0.3) is 0 Å². The first kappa shape index (κ1) is 14.4. The molecule has 2 saturated heterocycles. The predicted molar refractivity (Wildman–Crippen MR) is 71.1 cm³/mol. The first-order chi connectivity index (χ1) is 9.86. The number of hydrogen-bond donors (Lipinski definition) is 1. The highest BCUT2D eigenvalue weighted by Crippen LogP contribution is 2.36. The van der Waals surface area contributed by atoms with Crippen molar-refractivity contribution in [1.29, 1.82) is 0 Å². The van der Waals surface area contributed by atoms with E-state index < -0.39 is 11.7 Å². The van der Waals surface area contributed by atoms with Crippen LogP contribution >= 0.6 is 11.6 Å². The second-order valence-corrected chi connectivity index (χ2v) is 5.68. The molecule has 0 radical (unpaired) electrons. The number of nitrogens with zero attached hydrogens (tertiary/aromatic N) is 2. The molecule has 21 heavy (non-hydrogen) atoms. The number of aromatic nitrogens is 1. The highest BCUT2D eigenvalue weighted by atomic mass is 35.5.